The van der Waals surface area contributed by atoms with E-state index in [0.717, 1.165) is 64.2 Å². The highest BCUT2D eigenvalue weighted by Gasteiger charge is 2.10. The van der Waals surface area contributed by atoms with Crippen molar-refractivity contribution in [3.8, 4) is 0 Å². The summed E-state index contributed by atoms with van der Waals surface area (Å²) >= 11 is 0. The number of carbonyl (C=O) groups is 2. The van der Waals surface area contributed by atoms with Crippen LogP contribution in [-0.4, -0.2) is 17.9 Å². The maximum Gasteiger partial charge on any atom is 0.302 e. The number of unbranched alkanes of at least 4 members (excludes halogenated alkanes) is 7. The molecule has 0 radical (unpaired) electrons. The smallest absolute Gasteiger partial charge is 0.302 e. The summed E-state index contributed by atoms with van der Waals surface area (Å²) in [6.45, 7) is 5.37. The van der Waals surface area contributed by atoms with Crippen LogP contribution in [-0.2, 0) is 14.3 Å². The van der Waals surface area contributed by atoms with Gasteiger partial charge in [0, 0.05) is 13.3 Å². The molecule has 0 saturated heterocycles. The minimum Gasteiger partial charge on any atom is -0.463 e. The van der Waals surface area contributed by atoms with Crippen molar-refractivity contribution in [2.75, 3.05) is 0 Å². The van der Waals surface area contributed by atoms with E-state index >= 15 is 0 Å². The van der Waals surface area contributed by atoms with E-state index in [4.69, 9.17) is 4.74 Å². The predicted molar refractivity (Wildman–Crippen MR) is 101 cm³/mol. The van der Waals surface area contributed by atoms with E-state index in [1.54, 1.807) is 6.92 Å². The zero-order valence-corrected chi connectivity index (χ0v) is 16.1. The Morgan fingerprint density at radius 2 is 1.46 bits per heavy atom. The van der Waals surface area contributed by atoms with Gasteiger partial charge < -0.3 is 9.53 Å². The van der Waals surface area contributed by atoms with Gasteiger partial charge in [-0.25, -0.2) is 0 Å². The standard InChI is InChI=1S/C21H38O3/c1-4-5-6-14-17-21(24-20(3)23)18-15-12-10-8-7-9-11-13-16-19(2)22/h8,10,21H,4-7,9,11-18H2,1-3H3. The molecule has 0 aliphatic carbocycles. The van der Waals surface area contributed by atoms with E-state index in [1.165, 1.54) is 26.2 Å². The molecule has 24 heavy (non-hydrogen) atoms. The molecule has 0 bridgehead atoms. The highest BCUT2D eigenvalue weighted by atomic mass is 16.5. The van der Waals surface area contributed by atoms with Crippen molar-refractivity contribution in [2.24, 2.45) is 0 Å². The van der Waals surface area contributed by atoms with Crippen LogP contribution in [0, 0.1) is 0 Å². The number of Topliss-reactive ketones (excluding diaryl/α,β-unsaturated/α-hetero) is 1. The summed E-state index contributed by atoms with van der Waals surface area (Å²) in [7, 11) is 0. The molecule has 3 nitrogen and oxygen atoms in total. The van der Waals surface area contributed by atoms with E-state index in [2.05, 4.69) is 19.1 Å². The molecular weight excluding hydrogens is 300 g/mol. The molecular formula is C21H38O3. The Morgan fingerprint density at radius 1 is 0.833 bits per heavy atom. The van der Waals surface area contributed by atoms with Crippen LogP contribution in [0.4, 0.5) is 0 Å². The minimum atomic E-state index is -0.156. The van der Waals surface area contributed by atoms with Gasteiger partial charge in [0.2, 0.25) is 0 Å². The van der Waals surface area contributed by atoms with Crippen LogP contribution in [0.1, 0.15) is 104 Å². The molecule has 0 heterocycles. The lowest BCUT2D eigenvalue weighted by Gasteiger charge is -2.16. The molecule has 0 aliphatic heterocycles. The summed E-state index contributed by atoms with van der Waals surface area (Å²) < 4.78 is 5.43. The molecule has 0 saturated carbocycles. The predicted octanol–water partition coefficient (Wildman–Crippen LogP) is 6.15. The molecule has 0 amide bonds. The van der Waals surface area contributed by atoms with Crippen molar-refractivity contribution in [1.82, 2.24) is 0 Å². The van der Waals surface area contributed by atoms with Gasteiger partial charge >= 0.3 is 5.97 Å². The van der Waals surface area contributed by atoms with E-state index in [0.29, 0.717) is 5.78 Å². The number of rotatable bonds is 16. The van der Waals surface area contributed by atoms with Gasteiger partial charge in [-0.1, -0.05) is 44.8 Å². The summed E-state index contributed by atoms with van der Waals surface area (Å²) in [6, 6.07) is 0. The second-order valence-corrected chi connectivity index (χ2v) is 6.78. The van der Waals surface area contributed by atoms with Crippen LogP contribution in [0.3, 0.4) is 0 Å². The van der Waals surface area contributed by atoms with Crippen LogP contribution < -0.4 is 0 Å². The first-order valence-electron chi connectivity index (χ1n) is 9.88. The summed E-state index contributed by atoms with van der Waals surface area (Å²) in [5.74, 6) is 0.138. The summed E-state index contributed by atoms with van der Waals surface area (Å²) in [6.07, 6.45) is 18.7. The first-order chi connectivity index (χ1) is 11.6. The molecule has 140 valence electrons. The van der Waals surface area contributed by atoms with E-state index < -0.39 is 0 Å². The zero-order valence-electron chi connectivity index (χ0n) is 16.1. The first kappa shape index (κ1) is 22.9. The van der Waals surface area contributed by atoms with Gasteiger partial charge in [0.1, 0.15) is 11.9 Å². The summed E-state index contributed by atoms with van der Waals surface area (Å²) in [5.41, 5.74) is 0. The highest BCUT2D eigenvalue weighted by Crippen LogP contribution is 2.15. The van der Waals surface area contributed by atoms with Crippen molar-refractivity contribution in [1.29, 1.82) is 0 Å². The Kier molecular flexibility index (Phi) is 15.9. The number of carbonyl (C=O) groups excluding carboxylic acids is 2. The first-order valence-corrected chi connectivity index (χ1v) is 9.88. The summed E-state index contributed by atoms with van der Waals surface area (Å²) in [4.78, 5) is 22.0. The van der Waals surface area contributed by atoms with Crippen molar-refractivity contribution in [2.45, 2.75) is 110 Å². The zero-order chi connectivity index (χ0) is 18.0. The van der Waals surface area contributed by atoms with Crippen LogP contribution in [0.25, 0.3) is 0 Å². The van der Waals surface area contributed by atoms with Crippen LogP contribution >= 0.6 is 0 Å². The molecule has 1 unspecified atom stereocenters. The van der Waals surface area contributed by atoms with Crippen LogP contribution in [0.15, 0.2) is 12.2 Å². The lowest BCUT2D eigenvalue weighted by atomic mass is 10.0. The van der Waals surface area contributed by atoms with Gasteiger partial charge in [-0.2, -0.15) is 0 Å². The highest BCUT2D eigenvalue weighted by molar-refractivity contribution is 5.75. The maximum atomic E-state index is 11.2. The molecule has 0 N–H and O–H groups in total. The lowest BCUT2D eigenvalue weighted by molar-refractivity contribution is -0.147. The SMILES string of the molecule is CCCCCCC(CCCC=CCCCCCC(C)=O)OC(C)=O. The topological polar surface area (TPSA) is 43.4 Å². The molecule has 0 aliphatic rings. The van der Waals surface area contributed by atoms with Gasteiger partial charge in [-0.05, 0) is 58.3 Å². The normalized spacial score (nSPS) is 12.5. The van der Waals surface area contributed by atoms with Crippen LogP contribution in [0.5, 0.6) is 0 Å². The largest absolute Gasteiger partial charge is 0.463 e. The Balaban J connectivity index is 3.67. The molecule has 0 fully saturated rings. The van der Waals surface area contributed by atoms with Crippen molar-refractivity contribution in [3.05, 3.63) is 12.2 Å². The summed E-state index contributed by atoms with van der Waals surface area (Å²) in [5, 5.41) is 0. The average Bonchev–Trinajstić information content (AvgIpc) is 2.52. The average molecular weight is 339 g/mol. The van der Waals surface area contributed by atoms with Gasteiger partial charge in [0.05, 0.1) is 0 Å². The fraction of sp³-hybridized carbons (Fsp3) is 0.810. The van der Waals surface area contributed by atoms with Crippen molar-refractivity contribution in [3.63, 3.8) is 0 Å². The quantitative estimate of drug-likeness (QED) is 0.192. The monoisotopic (exact) mass is 338 g/mol. The molecule has 0 spiro atoms. The van der Waals surface area contributed by atoms with Crippen molar-refractivity contribution >= 4 is 11.8 Å². The molecule has 0 aromatic heterocycles. The van der Waals surface area contributed by atoms with Gasteiger partial charge in [-0.15, -0.1) is 0 Å². The third-order valence-electron chi connectivity index (χ3n) is 4.18. The van der Waals surface area contributed by atoms with E-state index in [-0.39, 0.29) is 12.1 Å². The van der Waals surface area contributed by atoms with Crippen molar-refractivity contribution < 1.29 is 14.3 Å². The Labute approximate surface area is 149 Å². The second-order valence-electron chi connectivity index (χ2n) is 6.78. The molecule has 0 aromatic rings. The number of ether oxygens (including phenoxy) is 1. The fourth-order valence-corrected chi connectivity index (χ4v) is 2.81. The van der Waals surface area contributed by atoms with E-state index in [9.17, 15) is 9.59 Å². The second kappa shape index (κ2) is 16.7. The van der Waals surface area contributed by atoms with Gasteiger partial charge in [0.15, 0.2) is 0 Å². The maximum absolute atomic E-state index is 11.2. The Hall–Kier alpha value is -1.12. The number of hydrogen-bond donors (Lipinski definition) is 0. The van der Waals surface area contributed by atoms with E-state index in [1.807, 2.05) is 0 Å². The van der Waals surface area contributed by atoms with Crippen LogP contribution in [0.2, 0.25) is 0 Å². The Bertz CT molecular complexity index is 347. The number of hydrogen-bond acceptors (Lipinski definition) is 3. The molecule has 0 rings (SSSR count). The number of esters is 1. The Morgan fingerprint density at radius 3 is 2.08 bits per heavy atom. The van der Waals surface area contributed by atoms with Gasteiger partial charge in [0.25, 0.3) is 0 Å². The number of allylic oxidation sites excluding steroid dienone is 2. The third kappa shape index (κ3) is 17.2. The molecule has 3 heteroatoms. The minimum absolute atomic E-state index is 0.0966. The lowest BCUT2D eigenvalue weighted by Crippen LogP contribution is -2.16. The molecule has 1 atom stereocenters. The fourth-order valence-electron chi connectivity index (χ4n) is 2.81. The van der Waals surface area contributed by atoms with Gasteiger partial charge in [-0.3, -0.25) is 4.79 Å². The molecule has 0 aromatic carbocycles. The third-order valence-corrected chi connectivity index (χ3v) is 4.18. The number of ketones is 1.